The van der Waals surface area contributed by atoms with E-state index in [9.17, 15) is 18.0 Å². The molecule has 0 saturated carbocycles. The zero-order valence-corrected chi connectivity index (χ0v) is 13.4. The van der Waals surface area contributed by atoms with Gasteiger partial charge in [-0.05, 0) is 25.1 Å². The number of hydrogen-bond donors (Lipinski definition) is 4. The molecule has 0 heterocycles. The quantitative estimate of drug-likeness (QED) is 0.508. The number of primary amides is 1. The average Bonchev–Trinajstić information content (AvgIpc) is 2.42. The van der Waals surface area contributed by atoms with Crippen LogP contribution in [0.3, 0.4) is 0 Å². The van der Waals surface area contributed by atoms with E-state index >= 15 is 0 Å². The van der Waals surface area contributed by atoms with Crippen molar-refractivity contribution in [1.82, 2.24) is 15.4 Å². The smallest absolute Gasteiger partial charge is 0.312 e. The van der Waals surface area contributed by atoms with E-state index in [4.69, 9.17) is 17.3 Å². The van der Waals surface area contributed by atoms with Gasteiger partial charge in [-0.2, -0.15) is 0 Å². The van der Waals surface area contributed by atoms with Crippen LogP contribution in [0.15, 0.2) is 29.2 Å². The van der Waals surface area contributed by atoms with E-state index in [1.165, 1.54) is 25.1 Å². The molecule has 1 atom stereocenters. The fourth-order valence-corrected chi connectivity index (χ4v) is 2.85. The van der Waals surface area contributed by atoms with Crippen LogP contribution in [0.1, 0.15) is 6.92 Å². The predicted octanol–water partition coefficient (Wildman–Crippen LogP) is -0.209. The highest BCUT2D eigenvalue weighted by Gasteiger charge is 2.15. The lowest BCUT2D eigenvalue weighted by Gasteiger charge is -2.13. The van der Waals surface area contributed by atoms with Crippen molar-refractivity contribution in [2.24, 2.45) is 5.73 Å². The molecule has 122 valence electrons. The third-order valence-electron chi connectivity index (χ3n) is 2.57. The molecule has 1 rings (SSSR count). The number of carbonyl (C=O) groups is 2. The number of sulfonamides is 1. The number of urea groups is 1. The molecule has 1 aromatic rings. The Morgan fingerprint density at radius 2 is 2.00 bits per heavy atom. The van der Waals surface area contributed by atoms with Crippen LogP contribution in [0, 0.1) is 0 Å². The number of hydrogen-bond acceptors (Lipinski definition) is 4. The summed E-state index contributed by atoms with van der Waals surface area (Å²) in [6.45, 7) is 1.50. The van der Waals surface area contributed by atoms with Crippen LogP contribution in [0.25, 0.3) is 0 Å². The summed E-state index contributed by atoms with van der Waals surface area (Å²) in [6, 6.07) is 4.20. The minimum Gasteiger partial charge on any atom is -0.353 e. The molecule has 0 saturated heterocycles. The van der Waals surface area contributed by atoms with Crippen molar-refractivity contribution in [3.8, 4) is 0 Å². The van der Waals surface area contributed by atoms with Gasteiger partial charge in [-0.15, -0.1) is 0 Å². The molecule has 0 aliphatic rings. The third-order valence-corrected chi connectivity index (χ3v) is 4.27. The lowest BCUT2D eigenvalue weighted by atomic mass is 10.3. The molecule has 0 fully saturated rings. The van der Waals surface area contributed by atoms with Crippen molar-refractivity contribution >= 4 is 33.6 Å². The fourth-order valence-electron chi connectivity index (χ4n) is 1.52. The van der Waals surface area contributed by atoms with Crippen LogP contribution in [-0.2, 0) is 14.8 Å². The highest BCUT2D eigenvalue weighted by Crippen LogP contribution is 2.14. The number of rotatable bonds is 7. The lowest BCUT2D eigenvalue weighted by Crippen LogP contribution is -2.48. The molecule has 8 nitrogen and oxygen atoms in total. The highest BCUT2D eigenvalue weighted by molar-refractivity contribution is 7.89. The van der Waals surface area contributed by atoms with Crippen LogP contribution < -0.4 is 21.1 Å². The molecule has 0 aliphatic heterocycles. The van der Waals surface area contributed by atoms with Gasteiger partial charge in [0.1, 0.15) is 6.04 Å². The van der Waals surface area contributed by atoms with Crippen molar-refractivity contribution in [1.29, 1.82) is 0 Å². The molecule has 0 aliphatic carbocycles. The van der Waals surface area contributed by atoms with Gasteiger partial charge in [0.25, 0.3) is 0 Å². The Labute approximate surface area is 133 Å². The first kappa shape index (κ1) is 18.2. The molecule has 0 aromatic heterocycles. The highest BCUT2D eigenvalue weighted by atomic mass is 35.5. The van der Waals surface area contributed by atoms with E-state index < -0.39 is 28.0 Å². The van der Waals surface area contributed by atoms with E-state index in [0.717, 1.165) is 0 Å². The number of amides is 3. The summed E-state index contributed by atoms with van der Waals surface area (Å²) in [6.07, 6.45) is 0. The number of benzene rings is 1. The van der Waals surface area contributed by atoms with Crippen LogP contribution in [0.2, 0.25) is 5.02 Å². The largest absolute Gasteiger partial charge is 0.353 e. The Bertz CT molecular complexity index is 650. The molecular formula is C12H17ClN4O4S. The van der Waals surface area contributed by atoms with Crippen molar-refractivity contribution in [2.45, 2.75) is 17.9 Å². The molecule has 0 bridgehead atoms. The molecule has 10 heteroatoms. The van der Waals surface area contributed by atoms with Gasteiger partial charge in [0.15, 0.2) is 0 Å². The second-order valence-corrected chi connectivity index (χ2v) is 6.58. The maximum atomic E-state index is 12.0. The summed E-state index contributed by atoms with van der Waals surface area (Å²) in [5.41, 5.74) is 4.89. The normalized spacial score (nSPS) is 12.5. The van der Waals surface area contributed by atoms with Crippen LogP contribution >= 0.6 is 11.6 Å². The van der Waals surface area contributed by atoms with E-state index in [1.807, 2.05) is 0 Å². The van der Waals surface area contributed by atoms with E-state index in [1.54, 1.807) is 6.07 Å². The summed E-state index contributed by atoms with van der Waals surface area (Å²) in [5, 5.41) is 4.97. The standard InChI is InChI=1S/C12H17ClN4O4S/c1-8(17-12(14)19)11(18)15-5-6-16-22(20,21)10-4-2-3-9(13)7-10/h2-4,7-8,16H,5-6H2,1H3,(H,15,18)(H3,14,17,19)/t8-/m1/s1. The van der Waals surface area contributed by atoms with Crippen molar-refractivity contribution < 1.29 is 18.0 Å². The minimum absolute atomic E-state index is 0.0100. The fraction of sp³-hybridized carbons (Fsp3) is 0.333. The zero-order valence-electron chi connectivity index (χ0n) is 11.8. The second-order valence-electron chi connectivity index (χ2n) is 4.38. The molecule has 1 aromatic carbocycles. The molecule has 0 spiro atoms. The number of nitrogens with one attached hydrogen (secondary N) is 3. The van der Waals surface area contributed by atoms with E-state index in [2.05, 4.69) is 15.4 Å². The first-order valence-corrected chi connectivity index (χ1v) is 8.17. The monoisotopic (exact) mass is 348 g/mol. The van der Waals surface area contributed by atoms with Gasteiger partial charge < -0.3 is 16.4 Å². The molecule has 3 amide bonds. The van der Waals surface area contributed by atoms with Gasteiger partial charge in [-0.1, -0.05) is 17.7 Å². The predicted molar refractivity (Wildman–Crippen MR) is 81.8 cm³/mol. The first-order valence-electron chi connectivity index (χ1n) is 6.31. The van der Waals surface area contributed by atoms with E-state index in [-0.39, 0.29) is 18.0 Å². The van der Waals surface area contributed by atoms with Crippen molar-refractivity contribution in [2.75, 3.05) is 13.1 Å². The Hall–Kier alpha value is -1.84. The van der Waals surface area contributed by atoms with Crippen LogP contribution in [0.4, 0.5) is 4.79 Å². The van der Waals surface area contributed by atoms with Crippen molar-refractivity contribution in [3.05, 3.63) is 29.3 Å². The van der Waals surface area contributed by atoms with Crippen molar-refractivity contribution in [3.63, 3.8) is 0 Å². The first-order chi connectivity index (χ1) is 10.2. The maximum Gasteiger partial charge on any atom is 0.312 e. The molecule has 22 heavy (non-hydrogen) atoms. The summed E-state index contributed by atoms with van der Waals surface area (Å²) in [5.74, 6) is -0.472. The Morgan fingerprint density at radius 3 is 2.59 bits per heavy atom. The van der Waals surface area contributed by atoms with Crippen LogP contribution in [0.5, 0.6) is 0 Å². The van der Waals surface area contributed by atoms with Gasteiger partial charge in [0.2, 0.25) is 15.9 Å². The zero-order chi connectivity index (χ0) is 16.8. The topological polar surface area (TPSA) is 130 Å². The van der Waals surface area contributed by atoms with Gasteiger partial charge in [0.05, 0.1) is 4.90 Å². The van der Waals surface area contributed by atoms with Gasteiger partial charge in [0, 0.05) is 18.1 Å². The molecule has 0 unspecified atom stereocenters. The summed E-state index contributed by atoms with van der Waals surface area (Å²) < 4.78 is 26.2. The minimum atomic E-state index is -3.70. The van der Waals surface area contributed by atoms with Crippen LogP contribution in [-0.4, -0.2) is 39.5 Å². The summed E-state index contributed by atoms with van der Waals surface area (Å²) in [4.78, 5) is 22.2. The average molecular weight is 349 g/mol. The Morgan fingerprint density at radius 1 is 1.32 bits per heavy atom. The summed E-state index contributed by atoms with van der Waals surface area (Å²) >= 11 is 5.74. The Balaban J connectivity index is 2.44. The second kappa shape index (κ2) is 7.97. The van der Waals surface area contributed by atoms with Gasteiger partial charge in [-0.25, -0.2) is 17.9 Å². The molecule has 0 radical (unpaired) electrons. The SMILES string of the molecule is C[C@@H](NC(N)=O)C(=O)NCCNS(=O)(=O)c1cccc(Cl)c1. The molecular weight excluding hydrogens is 332 g/mol. The lowest BCUT2D eigenvalue weighted by molar-refractivity contribution is -0.122. The number of carbonyl (C=O) groups excluding carboxylic acids is 2. The van der Waals surface area contributed by atoms with Gasteiger partial charge >= 0.3 is 6.03 Å². The molecule has 5 N–H and O–H groups in total. The Kier molecular flexibility index (Phi) is 6.60. The number of halogens is 1. The van der Waals surface area contributed by atoms with Gasteiger partial charge in [-0.3, -0.25) is 4.79 Å². The maximum absolute atomic E-state index is 12.0. The summed E-state index contributed by atoms with van der Waals surface area (Å²) in [7, 11) is -3.70. The number of nitrogens with two attached hydrogens (primary N) is 1. The third kappa shape index (κ3) is 5.88. The van der Waals surface area contributed by atoms with E-state index in [0.29, 0.717) is 5.02 Å².